The van der Waals surface area contributed by atoms with Crippen molar-refractivity contribution in [2.24, 2.45) is 4.99 Å². The van der Waals surface area contributed by atoms with Crippen molar-refractivity contribution in [2.45, 2.75) is 19.3 Å². The van der Waals surface area contributed by atoms with Crippen LogP contribution in [0.2, 0.25) is 0 Å². The van der Waals surface area contributed by atoms with Gasteiger partial charge in [-0.25, -0.2) is 4.99 Å². The first-order valence-electron chi connectivity index (χ1n) is 10.1. The molecule has 0 saturated carbocycles. The van der Waals surface area contributed by atoms with Crippen LogP contribution in [0.5, 0.6) is 0 Å². The first kappa shape index (κ1) is 22.4. The molecule has 2 aromatic rings. The van der Waals surface area contributed by atoms with Crippen molar-refractivity contribution in [2.75, 3.05) is 39.9 Å². The molecule has 156 valence electrons. The summed E-state index contributed by atoms with van der Waals surface area (Å²) in [5.74, 6) is 0.824. The van der Waals surface area contributed by atoms with Gasteiger partial charge >= 0.3 is 0 Å². The van der Waals surface area contributed by atoms with E-state index in [1.54, 1.807) is 7.11 Å². The van der Waals surface area contributed by atoms with Gasteiger partial charge in [0.2, 0.25) is 5.91 Å². The van der Waals surface area contributed by atoms with E-state index in [9.17, 15) is 4.79 Å². The molecule has 0 saturated heterocycles. The lowest BCUT2D eigenvalue weighted by molar-refractivity contribution is -0.119. The Morgan fingerprint density at radius 3 is 2.10 bits per heavy atom. The van der Waals surface area contributed by atoms with Crippen molar-refractivity contribution >= 4 is 11.9 Å². The Balaban J connectivity index is 1.94. The minimum atomic E-state index is -0.120. The topological polar surface area (TPSA) is 74.8 Å². The second kappa shape index (κ2) is 13.3. The largest absolute Gasteiger partial charge is 0.383 e. The summed E-state index contributed by atoms with van der Waals surface area (Å²) in [7, 11) is 1.61. The fourth-order valence-electron chi connectivity index (χ4n) is 3.07. The molecular weight excluding hydrogens is 364 g/mol. The summed E-state index contributed by atoms with van der Waals surface area (Å²) in [6, 6.07) is 21.1. The standard InChI is InChI=1S/C23H32N4O2/c1-3-24-23(27-18-22(28)25-16-17-29-2)26-15-14-21(19-10-6-4-7-11-19)20-12-8-5-9-13-20/h4-13,21H,3,14-18H2,1-2H3,(H,25,28)(H2,24,26,27). The van der Waals surface area contributed by atoms with Gasteiger partial charge < -0.3 is 20.7 Å². The second-order valence-corrected chi connectivity index (χ2v) is 6.63. The van der Waals surface area contributed by atoms with Gasteiger partial charge in [-0.05, 0) is 24.5 Å². The summed E-state index contributed by atoms with van der Waals surface area (Å²) in [6.45, 7) is 4.55. The smallest absolute Gasteiger partial charge is 0.241 e. The first-order valence-corrected chi connectivity index (χ1v) is 10.1. The lowest BCUT2D eigenvalue weighted by Gasteiger charge is -2.19. The molecule has 0 atom stereocenters. The van der Waals surface area contributed by atoms with E-state index in [-0.39, 0.29) is 12.5 Å². The van der Waals surface area contributed by atoms with Crippen molar-refractivity contribution in [1.82, 2.24) is 16.0 Å². The second-order valence-electron chi connectivity index (χ2n) is 6.63. The lowest BCUT2D eigenvalue weighted by atomic mass is 9.88. The third-order valence-electron chi connectivity index (χ3n) is 4.48. The molecule has 6 heteroatoms. The predicted molar refractivity (Wildman–Crippen MR) is 118 cm³/mol. The minimum absolute atomic E-state index is 0.0832. The molecule has 0 aliphatic carbocycles. The number of rotatable bonds is 11. The van der Waals surface area contributed by atoms with E-state index < -0.39 is 0 Å². The van der Waals surface area contributed by atoms with Crippen LogP contribution >= 0.6 is 0 Å². The maximum atomic E-state index is 11.8. The number of carbonyl (C=O) groups excluding carboxylic acids is 1. The lowest BCUT2D eigenvalue weighted by Crippen LogP contribution is -2.39. The number of methoxy groups -OCH3 is 1. The Labute approximate surface area is 173 Å². The molecule has 0 aromatic heterocycles. The van der Waals surface area contributed by atoms with Crippen LogP contribution in [0.15, 0.2) is 65.7 Å². The first-order chi connectivity index (χ1) is 14.2. The molecule has 2 aromatic carbocycles. The number of benzene rings is 2. The summed E-state index contributed by atoms with van der Waals surface area (Å²) >= 11 is 0. The van der Waals surface area contributed by atoms with Crippen LogP contribution < -0.4 is 16.0 Å². The Morgan fingerprint density at radius 1 is 0.931 bits per heavy atom. The number of hydrogen-bond donors (Lipinski definition) is 3. The fourth-order valence-corrected chi connectivity index (χ4v) is 3.07. The van der Waals surface area contributed by atoms with Crippen molar-refractivity contribution in [3.05, 3.63) is 71.8 Å². The Morgan fingerprint density at radius 2 is 1.55 bits per heavy atom. The average Bonchev–Trinajstić information content (AvgIpc) is 2.76. The zero-order chi connectivity index (χ0) is 20.7. The van der Waals surface area contributed by atoms with Gasteiger partial charge in [-0.3, -0.25) is 4.79 Å². The van der Waals surface area contributed by atoms with Crippen molar-refractivity contribution in [1.29, 1.82) is 0 Å². The Bertz CT molecular complexity index is 696. The predicted octanol–water partition coefficient (Wildman–Crippen LogP) is 2.53. The molecule has 2 rings (SSSR count). The summed E-state index contributed by atoms with van der Waals surface area (Å²) in [5, 5.41) is 9.31. The van der Waals surface area contributed by atoms with Gasteiger partial charge in [0.05, 0.1) is 6.61 Å². The maximum absolute atomic E-state index is 11.8. The number of guanidine groups is 1. The Kier molecular flexibility index (Phi) is 10.3. The number of carbonyl (C=O) groups is 1. The molecule has 3 N–H and O–H groups in total. The summed E-state index contributed by atoms with van der Waals surface area (Å²) in [6.07, 6.45) is 0.915. The highest BCUT2D eigenvalue weighted by Gasteiger charge is 2.13. The van der Waals surface area contributed by atoms with Crippen LogP contribution in [0, 0.1) is 0 Å². The fraction of sp³-hybridized carbons (Fsp3) is 0.391. The molecule has 29 heavy (non-hydrogen) atoms. The number of amides is 1. The van der Waals surface area contributed by atoms with Crippen LogP contribution in [0.3, 0.4) is 0 Å². The van der Waals surface area contributed by atoms with Gasteiger partial charge in [-0.2, -0.15) is 0 Å². The van der Waals surface area contributed by atoms with E-state index >= 15 is 0 Å². The highest BCUT2D eigenvalue weighted by atomic mass is 16.5. The average molecular weight is 397 g/mol. The maximum Gasteiger partial charge on any atom is 0.241 e. The zero-order valence-electron chi connectivity index (χ0n) is 17.4. The van der Waals surface area contributed by atoms with E-state index in [0.29, 0.717) is 25.0 Å². The van der Waals surface area contributed by atoms with Gasteiger partial charge in [0.15, 0.2) is 5.96 Å². The molecule has 0 bridgehead atoms. The SMILES string of the molecule is CCNC(=NCC(=O)NCCOC)NCCC(c1ccccc1)c1ccccc1. The van der Waals surface area contributed by atoms with Gasteiger partial charge in [0.1, 0.15) is 6.54 Å². The molecule has 0 radical (unpaired) electrons. The van der Waals surface area contributed by atoms with Gasteiger partial charge in [0, 0.05) is 32.7 Å². The van der Waals surface area contributed by atoms with E-state index in [4.69, 9.17) is 4.74 Å². The highest BCUT2D eigenvalue weighted by molar-refractivity contribution is 5.84. The van der Waals surface area contributed by atoms with E-state index in [0.717, 1.165) is 19.5 Å². The van der Waals surface area contributed by atoms with Gasteiger partial charge in [-0.15, -0.1) is 0 Å². The molecule has 0 heterocycles. The summed E-state index contributed by atoms with van der Waals surface area (Å²) in [4.78, 5) is 16.2. The van der Waals surface area contributed by atoms with Crippen molar-refractivity contribution in [3.63, 3.8) is 0 Å². The van der Waals surface area contributed by atoms with Crippen LogP contribution in [-0.2, 0) is 9.53 Å². The third kappa shape index (κ3) is 8.35. The molecule has 0 aliphatic heterocycles. The number of nitrogens with zero attached hydrogens (tertiary/aromatic N) is 1. The third-order valence-corrected chi connectivity index (χ3v) is 4.48. The van der Waals surface area contributed by atoms with E-state index in [1.807, 2.05) is 19.1 Å². The normalized spacial score (nSPS) is 11.3. The van der Waals surface area contributed by atoms with Gasteiger partial charge in [0.25, 0.3) is 0 Å². The summed E-state index contributed by atoms with van der Waals surface area (Å²) in [5.41, 5.74) is 2.58. The highest BCUT2D eigenvalue weighted by Crippen LogP contribution is 2.27. The quantitative estimate of drug-likeness (QED) is 0.310. The number of hydrogen-bond acceptors (Lipinski definition) is 3. The van der Waals surface area contributed by atoms with Crippen LogP contribution in [0.4, 0.5) is 0 Å². The summed E-state index contributed by atoms with van der Waals surface area (Å²) < 4.78 is 4.93. The van der Waals surface area contributed by atoms with E-state index in [1.165, 1.54) is 11.1 Å². The van der Waals surface area contributed by atoms with E-state index in [2.05, 4.69) is 69.5 Å². The van der Waals surface area contributed by atoms with Crippen molar-refractivity contribution in [3.8, 4) is 0 Å². The van der Waals surface area contributed by atoms with Crippen molar-refractivity contribution < 1.29 is 9.53 Å². The zero-order valence-corrected chi connectivity index (χ0v) is 17.4. The molecule has 1 amide bonds. The number of nitrogens with one attached hydrogen (secondary N) is 3. The Hall–Kier alpha value is -2.86. The number of ether oxygens (including phenoxy) is 1. The molecule has 6 nitrogen and oxygen atoms in total. The molecular formula is C23H32N4O2. The molecule has 0 unspecified atom stereocenters. The van der Waals surface area contributed by atoms with Crippen LogP contribution in [-0.4, -0.2) is 51.8 Å². The van der Waals surface area contributed by atoms with Crippen LogP contribution in [0.25, 0.3) is 0 Å². The van der Waals surface area contributed by atoms with Crippen LogP contribution in [0.1, 0.15) is 30.4 Å². The molecule has 0 spiro atoms. The molecule has 0 aliphatic rings. The molecule has 0 fully saturated rings. The van der Waals surface area contributed by atoms with Gasteiger partial charge in [-0.1, -0.05) is 60.7 Å². The number of aliphatic imine (C=N–C) groups is 1. The minimum Gasteiger partial charge on any atom is -0.383 e. The monoisotopic (exact) mass is 396 g/mol.